The summed E-state index contributed by atoms with van der Waals surface area (Å²) in [6.45, 7) is 0.290. The molecule has 144 valence electrons. The molecule has 28 heavy (non-hydrogen) atoms. The van der Waals surface area contributed by atoms with Crippen LogP contribution in [0.4, 0.5) is 5.69 Å². The number of sulfonamides is 1. The monoisotopic (exact) mass is 394 g/mol. The Balaban J connectivity index is 1.65. The first-order valence-corrected chi connectivity index (χ1v) is 10.3. The summed E-state index contributed by atoms with van der Waals surface area (Å²) in [7, 11) is -2.06. The molecule has 0 aliphatic rings. The number of benzene rings is 3. The first kappa shape index (κ1) is 19.8. The Bertz CT molecular complexity index is 1020. The smallest absolute Gasteiger partial charge is 0.243 e. The summed E-state index contributed by atoms with van der Waals surface area (Å²) in [5.74, 6) is -0.150. The molecule has 0 aromatic heterocycles. The Morgan fingerprint density at radius 3 is 1.93 bits per heavy atom. The van der Waals surface area contributed by atoms with Gasteiger partial charge in [0, 0.05) is 19.3 Å². The number of anilines is 1. The number of hydrogen-bond donors (Lipinski definition) is 1. The summed E-state index contributed by atoms with van der Waals surface area (Å²) in [6.07, 6.45) is 0.265. The Morgan fingerprint density at radius 2 is 1.36 bits per heavy atom. The van der Waals surface area contributed by atoms with Gasteiger partial charge in [-0.15, -0.1) is 0 Å². The van der Waals surface area contributed by atoms with Crippen molar-refractivity contribution in [2.45, 2.75) is 17.9 Å². The van der Waals surface area contributed by atoms with E-state index in [1.54, 1.807) is 19.2 Å². The zero-order valence-electron chi connectivity index (χ0n) is 15.6. The minimum absolute atomic E-state index is 0.150. The molecule has 0 radical (unpaired) electrons. The number of hydrogen-bond acceptors (Lipinski definition) is 3. The number of nitrogens with zero attached hydrogens (tertiary/aromatic N) is 1. The van der Waals surface area contributed by atoms with Gasteiger partial charge in [0.15, 0.2) is 0 Å². The largest absolute Gasteiger partial charge is 0.326 e. The predicted molar refractivity (Wildman–Crippen MR) is 110 cm³/mol. The second kappa shape index (κ2) is 8.82. The molecule has 0 heterocycles. The Labute approximate surface area is 165 Å². The van der Waals surface area contributed by atoms with Gasteiger partial charge in [-0.1, -0.05) is 60.7 Å². The fourth-order valence-corrected chi connectivity index (χ4v) is 3.96. The van der Waals surface area contributed by atoms with Gasteiger partial charge in [0.05, 0.1) is 11.3 Å². The summed E-state index contributed by atoms with van der Waals surface area (Å²) in [6, 6.07) is 25.1. The van der Waals surface area contributed by atoms with E-state index in [4.69, 9.17) is 0 Å². The number of nitrogens with one attached hydrogen (secondary N) is 1. The van der Waals surface area contributed by atoms with E-state index < -0.39 is 10.0 Å². The second-order valence-electron chi connectivity index (χ2n) is 6.48. The predicted octanol–water partition coefficient (Wildman–Crippen LogP) is 3.69. The molecule has 3 aromatic carbocycles. The zero-order chi connectivity index (χ0) is 20.0. The third-order valence-corrected chi connectivity index (χ3v) is 6.12. The van der Waals surface area contributed by atoms with E-state index in [0.717, 1.165) is 11.1 Å². The van der Waals surface area contributed by atoms with Crippen LogP contribution in [0.5, 0.6) is 0 Å². The van der Waals surface area contributed by atoms with Crippen LogP contribution in [0.15, 0.2) is 89.8 Å². The Hall–Kier alpha value is -2.96. The third kappa shape index (κ3) is 5.06. The average molecular weight is 394 g/mol. The van der Waals surface area contributed by atoms with Crippen molar-refractivity contribution in [1.82, 2.24) is 4.31 Å². The highest BCUT2D eigenvalue weighted by atomic mass is 32.2. The summed E-state index contributed by atoms with van der Waals surface area (Å²) in [5, 5.41) is 2.79. The fourth-order valence-electron chi connectivity index (χ4n) is 2.80. The van der Waals surface area contributed by atoms with Crippen LogP contribution in [0.3, 0.4) is 0 Å². The standard InChI is InChI=1S/C22H22N2O3S/c1-24(17-19-10-6-3-7-11-19)28(26,27)21-14-12-20(13-15-21)23-22(25)16-18-8-4-2-5-9-18/h2-15H,16-17H2,1H3,(H,23,25). The average Bonchev–Trinajstić information content (AvgIpc) is 2.70. The van der Waals surface area contributed by atoms with Crippen molar-refractivity contribution in [1.29, 1.82) is 0 Å². The number of amides is 1. The molecule has 6 heteroatoms. The van der Waals surface area contributed by atoms with Crippen molar-refractivity contribution in [3.8, 4) is 0 Å². The lowest BCUT2D eigenvalue weighted by Gasteiger charge is -2.17. The highest BCUT2D eigenvalue weighted by Gasteiger charge is 2.20. The molecule has 0 atom stereocenters. The number of rotatable bonds is 7. The molecule has 0 bridgehead atoms. The lowest BCUT2D eigenvalue weighted by molar-refractivity contribution is -0.115. The molecule has 3 rings (SSSR count). The van der Waals surface area contributed by atoms with Crippen molar-refractivity contribution < 1.29 is 13.2 Å². The van der Waals surface area contributed by atoms with Gasteiger partial charge in [-0.3, -0.25) is 4.79 Å². The molecule has 0 aliphatic carbocycles. The van der Waals surface area contributed by atoms with E-state index in [2.05, 4.69) is 5.32 Å². The van der Waals surface area contributed by atoms with Gasteiger partial charge in [-0.2, -0.15) is 4.31 Å². The molecule has 0 spiro atoms. The van der Waals surface area contributed by atoms with Crippen molar-refractivity contribution >= 4 is 21.6 Å². The highest BCUT2D eigenvalue weighted by Crippen LogP contribution is 2.19. The van der Waals surface area contributed by atoms with Gasteiger partial charge < -0.3 is 5.32 Å². The molecular formula is C22H22N2O3S. The summed E-state index contributed by atoms with van der Waals surface area (Å²) >= 11 is 0. The van der Waals surface area contributed by atoms with Crippen molar-refractivity contribution in [3.63, 3.8) is 0 Å². The first-order chi connectivity index (χ1) is 13.4. The topological polar surface area (TPSA) is 66.5 Å². The van der Waals surface area contributed by atoms with Gasteiger partial charge in [0.2, 0.25) is 15.9 Å². The van der Waals surface area contributed by atoms with Crippen molar-refractivity contribution in [2.75, 3.05) is 12.4 Å². The molecule has 1 N–H and O–H groups in total. The van der Waals surface area contributed by atoms with Crippen LogP contribution in [0.1, 0.15) is 11.1 Å². The van der Waals surface area contributed by atoms with Crippen LogP contribution in [0.2, 0.25) is 0 Å². The molecule has 3 aromatic rings. The van der Waals surface area contributed by atoms with E-state index in [1.807, 2.05) is 60.7 Å². The van der Waals surface area contributed by atoms with Crippen molar-refractivity contribution in [3.05, 3.63) is 96.1 Å². The van der Waals surface area contributed by atoms with Crippen LogP contribution >= 0.6 is 0 Å². The van der Waals surface area contributed by atoms with Gasteiger partial charge >= 0.3 is 0 Å². The highest BCUT2D eigenvalue weighted by molar-refractivity contribution is 7.89. The number of carbonyl (C=O) groups is 1. The van der Waals surface area contributed by atoms with E-state index in [-0.39, 0.29) is 17.2 Å². The van der Waals surface area contributed by atoms with Crippen LogP contribution in [-0.2, 0) is 27.8 Å². The summed E-state index contributed by atoms with van der Waals surface area (Å²) in [5.41, 5.74) is 2.39. The van der Waals surface area contributed by atoms with E-state index in [9.17, 15) is 13.2 Å². The minimum atomic E-state index is -3.61. The quantitative estimate of drug-likeness (QED) is 0.665. The number of carbonyl (C=O) groups excluding carboxylic acids is 1. The lowest BCUT2D eigenvalue weighted by Crippen LogP contribution is -2.26. The molecule has 0 saturated carbocycles. The van der Waals surface area contributed by atoms with Gasteiger partial charge in [-0.25, -0.2) is 8.42 Å². The normalized spacial score (nSPS) is 11.4. The molecule has 0 saturated heterocycles. The van der Waals surface area contributed by atoms with Gasteiger partial charge in [0.1, 0.15) is 0 Å². The maximum absolute atomic E-state index is 12.7. The molecular weight excluding hydrogens is 372 g/mol. The van der Waals surface area contributed by atoms with Crippen LogP contribution in [0.25, 0.3) is 0 Å². The zero-order valence-corrected chi connectivity index (χ0v) is 16.4. The second-order valence-corrected chi connectivity index (χ2v) is 8.53. The van der Waals surface area contributed by atoms with Crippen LogP contribution < -0.4 is 5.32 Å². The van der Waals surface area contributed by atoms with Crippen LogP contribution in [0, 0.1) is 0 Å². The van der Waals surface area contributed by atoms with Crippen LogP contribution in [-0.4, -0.2) is 25.7 Å². The maximum Gasteiger partial charge on any atom is 0.243 e. The first-order valence-electron chi connectivity index (χ1n) is 8.89. The van der Waals surface area contributed by atoms with Gasteiger partial charge in [0.25, 0.3) is 0 Å². The molecule has 1 amide bonds. The van der Waals surface area contributed by atoms with Gasteiger partial charge in [-0.05, 0) is 35.4 Å². The molecule has 0 aliphatic heterocycles. The molecule has 0 unspecified atom stereocenters. The van der Waals surface area contributed by atoms with E-state index in [0.29, 0.717) is 12.2 Å². The van der Waals surface area contributed by atoms with E-state index in [1.165, 1.54) is 16.4 Å². The Kier molecular flexibility index (Phi) is 6.23. The third-order valence-electron chi connectivity index (χ3n) is 4.30. The summed E-state index contributed by atoms with van der Waals surface area (Å²) in [4.78, 5) is 12.3. The maximum atomic E-state index is 12.7. The Morgan fingerprint density at radius 1 is 0.821 bits per heavy atom. The lowest BCUT2D eigenvalue weighted by atomic mass is 10.1. The minimum Gasteiger partial charge on any atom is -0.326 e. The van der Waals surface area contributed by atoms with E-state index >= 15 is 0 Å². The fraction of sp³-hybridized carbons (Fsp3) is 0.136. The SMILES string of the molecule is CN(Cc1ccccc1)S(=O)(=O)c1ccc(NC(=O)Cc2ccccc2)cc1. The molecule has 0 fully saturated rings. The summed E-state index contributed by atoms with van der Waals surface area (Å²) < 4.78 is 26.8. The van der Waals surface area contributed by atoms with Crippen molar-refractivity contribution in [2.24, 2.45) is 0 Å². The molecule has 5 nitrogen and oxygen atoms in total.